The first-order valence-electron chi connectivity index (χ1n) is 6.43. The van der Waals surface area contributed by atoms with Crippen molar-refractivity contribution in [3.8, 4) is 5.75 Å². The van der Waals surface area contributed by atoms with Crippen LogP contribution in [0.3, 0.4) is 0 Å². The number of rotatable bonds is 8. The van der Waals surface area contributed by atoms with Crippen LogP contribution in [0, 0.1) is 0 Å². The molecule has 20 heavy (non-hydrogen) atoms. The van der Waals surface area contributed by atoms with Crippen LogP contribution >= 0.6 is 15.9 Å². The van der Waals surface area contributed by atoms with Gasteiger partial charge in [-0.3, -0.25) is 0 Å². The molecule has 0 fully saturated rings. The number of benzene rings is 1. The lowest BCUT2D eigenvalue weighted by Gasteiger charge is -2.13. The molecule has 0 unspecified atom stereocenters. The van der Waals surface area contributed by atoms with E-state index < -0.39 is 10.0 Å². The highest BCUT2D eigenvalue weighted by Crippen LogP contribution is 2.27. The van der Waals surface area contributed by atoms with Gasteiger partial charge in [-0.05, 0) is 52.2 Å². The molecule has 0 bridgehead atoms. The van der Waals surface area contributed by atoms with Crippen LogP contribution in [-0.2, 0) is 10.0 Å². The normalized spacial score (nSPS) is 11.8. The van der Waals surface area contributed by atoms with Crippen molar-refractivity contribution in [3.63, 3.8) is 0 Å². The predicted molar refractivity (Wildman–Crippen MR) is 83.7 cm³/mol. The maximum absolute atomic E-state index is 12.3. The molecule has 1 N–H and O–H groups in total. The standard InChI is InChI=1S/C13H21BrN2O3S/c1-4-19-12-7-6-11(14)10-13(12)20(17,18)15-8-5-9-16(2)3/h6-7,10,15H,4-5,8-9H2,1-3H3. The van der Waals surface area contributed by atoms with Gasteiger partial charge in [0, 0.05) is 11.0 Å². The van der Waals surface area contributed by atoms with Gasteiger partial charge in [-0.25, -0.2) is 13.1 Å². The third-order valence-corrected chi connectivity index (χ3v) is 4.54. The van der Waals surface area contributed by atoms with Crippen molar-refractivity contribution in [2.75, 3.05) is 33.8 Å². The first kappa shape index (κ1) is 17.4. The molecule has 0 saturated heterocycles. The summed E-state index contributed by atoms with van der Waals surface area (Å²) in [5.41, 5.74) is 0. The van der Waals surface area contributed by atoms with Crippen molar-refractivity contribution in [1.29, 1.82) is 0 Å². The van der Waals surface area contributed by atoms with Crippen LogP contribution in [0.5, 0.6) is 5.75 Å². The molecule has 0 amide bonds. The number of nitrogens with zero attached hydrogens (tertiary/aromatic N) is 1. The number of sulfonamides is 1. The summed E-state index contributed by atoms with van der Waals surface area (Å²) < 4.78 is 33.3. The van der Waals surface area contributed by atoms with Gasteiger partial charge in [0.05, 0.1) is 6.61 Å². The van der Waals surface area contributed by atoms with Crippen molar-refractivity contribution in [3.05, 3.63) is 22.7 Å². The van der Waals surface area contributed by atoms with Gasteiger partial charge in [0.25, 0.3) is 0 Å². The van der Waals surface area contributed by atoms with Crippen molar-refractivity contribution in [2.45, 2.75) is 18.2 Å². The summed E-state index contributed by atoms with van der Waals surface area (Å²) in [6.07, 6.45) is 0.754. The molecular weight excluding hydrogens is 344 g/mol. The lowest BCUT2D eigenvalue weighted by Crippen LogP contribution is -2.27. The number of nitrogens with one attached hydrogen (secondary N) is 1. The monoisotopic (exact) mass is 364 g/mol. The van der Waals surface area contributed by atoms with Crippen LogP contribution in [0.15, 0.2) is 27.6 Å². The molecule has 0 radical (unpaired) electrons. The zero-order valence-electron chi connectivity index (χ0n) is 12.0. The lowest BCUT2D eigenvalue weighted by atomic mass is 10.3. The second-order valence-corrected chi connectivity index (χ2v) is 7.23. The zero-order valence-corrected chi connectivity index (χ0v) is 14.4. The lowest BCUT2D eigenvalue weighted by molar-refractivity contribution is 0.331. The first-order valence-corrected chi connectivity index (χ1v) is 8.71. The summed E-state index contributed by atoms with van der Waals surface area (Å²) >= 11 is 3.29. The van der Waals surface area contributed by atoms with Crippen molar-refractivity contribution in [1.82, 2.24) is 9.62 Å². The average Bonchev–Trinajstić information content (AvgIpc) is 2.37. The van der Waals surface area contributed by atoms with Gasteiger partial charge in [-0.2, -0.15) is 0 Å². The number of ether oxygens (including phenoxy) is 1. The van der Waals surface area contributed by atoms with Gasteiger partial charge in [0.15, 0.2) is 0 Å². The fourth-order valence-electron chi connectivity index (χ4n) is 1.65. The molecule has 1 aromatic carbocycles. The summed E-state index contributed by atoms with van der Waals surface area (Å²) in [6, 6.07) is 4.97. The first-order chi connectivity index (χ1) is 9.36. The Kier molecular flexibility index (Phi) is 6.94. The van der Waals surface area contributed by atoms with Crippen molar-refractivity contribution < 1.29 is 13.2 Å². The fourth-order valence-corrected chi connectivity index (χ4v) is 3.40. The Labute approximate surface area is 129 Å². The Morgan fingerprint density at radius 2 is 2.05 bits per heavy atom. The molecule has 7 heteroatoms. The molecule has 0 heterocycles. The maximum Gasteiger partial charge on any atom is 0.244 e. The van der Waals surface area contributed by atoms with E-state index in [0.717, 1.165) is 13.0 Å². The van der Waals surface area contributed by atoms with Crippen LogP contribution < -0.4 is 9.46 Å². The number of hydrogen-bond acceptors (Lipinski definition) is 4. The second kappa shape index (κ2) is 7.97. The molecule has 0 aliphatic carbocycles. The molecule has 1 aromatic rings. The average molecular weight is 365 g/mol. The summed E-state index contributed by atoms with van der Waals surface area (Å²) in [4.78, 5) is 2.18. The zero-order chi connectivity index (χ0) is 15.2. The number of hydrogen-bond donors (Lipinski definition) is 1. The third kappa shape index (κ3) is 5.40. The van der Waals surface area contributed by atoms with E-state index >= 15 is 0 Å². The molecule has 0 saturated carbocycles. The van der Waals surface area contributed by atoms with Crippen molar-refractivity contribution >= 4 is 26.0 Å². The second-order valence-electron chi connectivity index (χ2n) is 4.58. The number of halogens is 1. The van der Waals surface area contributed by atoms with E-state index in [9.17, 15) is 8.42 Å². The van der Waals surface area contributed by atoms with Gasteiger partial charge < -0.3 is 9.64 Å². The Morgan fingerprint density at radius 1 is 1.35 bits per heavy atom. The van der Waals surface area contributed by atoms with Gasteiger partial charge in [-0.1, -0.05) is 15.9 Å². The molecule has 114 valence electrons. The Morgan fingerprint density at radius 3 is 2.65 bits per heavy atom. The highest BCUT2D eigenvalue weighted by molar-refractivity contribution is 9.10. The van der Waals surface area contributed by atoms with Crippen LogP contribution in [-0.4, -0.2) is 47.1 Å². The third-order valence-electron chi connectivity index (χ3n) is 2.57. The largest absolute Gasteiger partial charge is 0.492 e. The Hall–Kier alpha value is -0.630. The molecule has 5 nitrogen and oxygen atoms in total. The molecule has 0 aromatic heterocycles. The molecule has 1 rings (SSSR count). The molecule has 0 spiro atoms. The van der Waals surface area contributed by atoms with Gasteiger partial charge in [0.2, 0.25) is 10.0 Å². The smallest absolute Gasteiger partial charge is 0.244 e. The van der Waals surface area contributed by atoms with Crippen LogP contribution in [0.25, 0.3) is 0 Å². The van der Waals surface area contributed by atoms with E-state index in [2.05, 4.69) is 20.7 Å². The van der Waals surface area contributed by atoms with E-state index in [-0.39, 0.29) is 4.90 Å². The summed E-state index contributed by atoms with van der Waals surface area (Å²) in [6.45, 7) is 3.48. The van der Waals surface area contributed by atoms with Gasteiger partial charge in [0.1, 0.15) is 10.6 Å². The van der Waals surface area contributed by atoms with Gasteiger partial charge >= 0.3 is 0 Å². The minimum absolute atomic E-state index is 0.165. The highest BCUT2D eigenvalue weighted by Gasteiger charge is 2.19. The quantitative estimate of drug-likeness (QED) is 0.717. The van der Waals surface area contributed by atoms with E-state index in [1.54, 1.807) is 18.2 Å². The molecular formula is C13H21BrN2O3S. The summed E-state index contributed by atoms with van der Waals surface area (Å²) in [5.74, 6) is 0.371. The Balaban J connectivity index is 2.83. The molecule has 0 atom stereocenters. The fraction of sp³-hybridized carbons (Fsp3) is 0.538. The Bertz CT molecular complexity index is 532. The van der Waals surface area contributed by atoms with E-state index in [0.29, 0.717) is 23.4 Å². The van der Waals surface area contributed by atoms with Gasteiger partial charge in [-0.15, -0.1) is 0 Å². The highest BCUT2D eigenvalue weighted by atomic mass is 79.9. The van der Waals surface area contributed by atoms with E-state index in [4.69, 9.17) is 4.74 Å². The van der Waals surface area contributed by atoms with E-state index in [1.165, 1.54) is 0 Å². The molecule has 0 aliphatic heterocycles. The van der Waals surface area contributed by atoms with Crippen LogP contribution in [0.1, 0.15) is 13.3 Å². The summed E-state index contributed by atoms with van der Waals surface area (Å²) in [7, 11) is 0.352. The predicted octanol–water partition coefficient (Wildman–Crippen LogP) is 2.08. The summed E-state index contributed by atoms with van der Waals surface area (Å²) in [5, 5.41) is 0. The maximum atomic E-state index is 12.3. The molecule has 0 aliphatic rings. The minimum Gasteiger partial charge on any atom is -0.492 e. The minimum atomic E-state index is -3.56. The van der Waals surface area contributed by atoms with Crippen LogP contribution in [0.4, 0.5) is 0 Å². The van der Waals surface area contributed by atoms with Crippen LogP contribution in [0.2, 0.25) is 0 Å². The van der Waals surface area contributed by atoms with Crippen molar-refractivity contribution in [2.24, 2.45) is 0 Å². The van der Waals surface area contributed by atoms with E-state index in [1.807, 2.05) is 25.9 Å². The topological polar surface area (TPSA) is 58.6 Å². The SMILES string of the molecule is CCOc1ccc(Br)cc1S(=O)(=O)NCCCN(C)C.